The van der Waals surface area contributed by atoms with Crippen molar-refractivity contribution in [3.05, 3.63) is 25.3 Å². The summed E-state index contributed by atoms with van der Waals surface area (Å²) in [5.41, 5.74) is 5.70. The molecule has 1 saturated carbocycles. The molecular formula is C13H23ClN2O. The molecule has 1 aliphatic rings. The molecule has 2 N–H and O–H groups in total. The molecule has 0 aromatic heterocycles. The van der Waals surface area contributed by atoms with E-state index in [1.807, 2.05) is 0 Å². The van der Waals surface area contributed by atoms with E-state index in [-0.39, 0.29) is 24.2 Å². The molecule has 0 unspecified atom stereocenters. The van der Waals surface area contributed by atoms with E-state index in [2.05, 4.69) is 13.2 Å². The molecule has 0 spiro atoms. The maximum absolute atomic E-state index is 12.3. The van der Waals surface area contributed by atoms with Crippen LogP contribution >= 0.6 is 12.4 Å². The average molecular weight is 259 g/mol. The standard InChI is InChI=1S/C13H22N2O.ClH/c1-3-8-15(9-4-2)13(16)12-7-5-6-11(12)10-14;/h3-4,11-12H,1-2,5-10,14H2;1H/t11-,12-;/m1./s1. The van der Waals surface area contributed by atoms with E-state index in [0.717, 1.165) is 19.3 Å². The lowest BCUT2D eigenvalue weighted by molar-refractivity contribution is -0.135. The Morgan fingerprint density at radius 1 is 1.29 bits per heavy atom. The summed E-state index contributed by atoms with van der Waals surface area (Å²) in [6, 6.07) is 0. The van der Waals surface area contributed by atoms with E-state index in [0.29, 0.717) is 25.6 Å². The Labute approximate surface area is 110 Å². The fourth-order valence-electron chi connectivity index (χ4n) is 2.44. The second-order valence-corrected chi connectivity index (χ2v) is 4.35. The van der Waals surface area contributed by atoms with Crippen LogP contribution in [0.1, 0.15) is 19.3 Å². The van der Waals surface area contributed by atoms with Gasteiger partial charge in [-0.25, -0.2) is 0 Å². The first-order valence-corrected chi connectivity index (χ1v) is 5.95. The maximum Gasteiger partial charge on any atom is 0.226 e. The Balaban J connectivity index is 0.00000256. The molecule has 98 valence electrons. The second kappa shape index (κ2) is 8.31. The van der Waals surface area contributed by atoms with Gasteiger partial charge in [0, 0.05) is 19.0 Å². The molecule has 0 bridgehead atoms. The highest BCUT2D eigenvalue weighted by Crippen LogP contribution is 2.32. The number of carbonyl (C=O) groups is 1. The molecule has 0 aliphatic heterocycles. The molecule has 1 fully saturated rings. The van der Waals surface area contributed by atoms with Gasteiger partial charge in [-0.15, -0.1) is 25.6 Å². The third-order valence-corrected chi connectivity index (χ3v) is 3.29. The molecule has 0 aromatic rings. The molecule has 17 heavy (non-hydrogen) atoms. The minimum absolute atomic E-state index is 0. The van der Waals surface area contributed by atoms with Crippen LogP contribution in [0, 0.1) is 11.8 Å². The molecular weight excluding hydrogens is 236 g/mol. The highest BCUT2D eigenvalue weighted by Gasteiger charge is 2.33. The molecule has 1 aliphatic carbocycles. The zero-order valence-corrected chi connectivity index (χ0v) is 11.1. The van der Waals surface area contributed by atoms with E-state index in [1.54, 1.807) is 17.1 Å². The van der Waals surface area contributed by atoms with Gasteiger partial charge in [-0.2, -0.15) is 0 Å². The molecule has 0 saturated heterocycles. The van der Waals surface area contributed by atoms with Crippen molar-refractivity contribution in [3.8, 4) is 0 Å². The van der Waals surface area contributed by atoms with Crippen molar-refractivity contribution >= 4 is 18.3 Å². The van der Waals surface area contributed by atoms with Crippen LogP contribution in [0.5, 0.6) is 0 Å². The van der Waals surface area contributed by atoms with E-state index in [4.69, 9.17) is 5.73 Å². The predicted octanol–water partition coefficient (Wildman–Crippen LogP) is 1.98. The summed E-state index contributed by atoms with van der Waals surface area (Å²) in [6.07, 6.45) is 6.70. The summed E-state index contributed by atoms with van der Waals surface area (Å²) in [6.45, 7) is 9.17. The van der Waals surface area contributed by atoms with Gasteiger partial charge < -0.3 is 10.6 Å². The lowest BCUT2D eigenvalue weighted by atomic mass is 9.94. The minimum atomic E-state index is 0. The number of rotatable bonds is 6. The molecule has 3 nitrogen and oxygen atoms in total. The summed E-state index contributed by atoms with van der Waals surface area (Å²) < 4.78 is 0. The van der Waals surface area contributed by atoms with E-state index >= 15 is 0 Å². The smallest absolute Gasteiger partial charge is 0.226 e. The normalized spacial score (nSPS) is 22.6. The summed E-state index contributed by atoms with van der Waals surface area (Å²) >= 11 is 0. The first-order valence-electron chi connectivity index (χ1n) is 5.95. The summed E-state index contributed by atoms with van der Waals surface area (Å²) in [5.74, 6) is 0.697. The third-order valence-electron chi connectivity index (χ3n) is 3.29. The Morgan fingerprint density at radius 3 is 2.35 bits per heavy atom. The quantitative estimate of drug-likeness (QED) is 0.741. The topological polar surface area (TPSA) is 46.3 Å². The monoisotopic (exact) mass is 258 g/mol. The number of hydrogen-bond acceptors (Lipinski definition) is 2. The van der Waals surface area contributed by atoms with Crippen LogP contribution < -0.4 is 5.73 Å². The third kappa shape index (κ3) is 4.17. The van der Waals surface area contributed by atoms with Crippen molar-refractivity contribution in [2.24, 2.45) is 17.6 Å². The largest absolute Gasteiger partial charge is 0.335 e. The minimum Gasteiger partial charge on any atom is -0.335 e. The highest BCUT2D eigenvalue weighted by molar-refractivity contribution is 5.85. The molecule has 1 rings (SSSR count). The van der Waals surface area contributed by atoms with Gasteiger partial charge in [-0.1, -0.05) is 18.6 Å². The number of amides is 1. The molecule has 0 heterocycles. The summed E-state index contributed by atoms with van der Waals surface area (Å²) in [4.78, 5) is 14.1. The van der Waals surface area contributed by atoms with Gasteiger partial charge in [0.25, 0.3) is 0 Å². The zero-order chi connectivity index (χ0) is 12.0. The summed E-state index contributed by atoms with van der Waals surface area (Å²) in [7, 11) is 0. The van der Waals surface area contributed by atoms with Crippen molar-refractivity contribution < 1.29 is 4.79 Å². The Morgan fingerprint density at radius 2 is 1.88 bits per heavy atom. The van der Waals surface area contributed by atoms with Crippen molar-refractivity contribution in [1.29, 1.82) is 0 Å². The van der Waals surface area contributed by atoms with Crippen LogP contribution in [0.15, 0.2) is 25.3 Å². The second-order valence-electron chi connectivity index (χ2n) is 4.35. The first-order chi connectivity index (χ1) is 7.74. The molecule has 1 amide bonds. The van der Waals surface area contributed by atoms with E-state index in [1.165, 1.54) is 0 Å². The van der Waals surface area contributed by atoms with Crippen LogP contribution in [-0.2, 0) is 4.79 Å². The van der Waals surface area contributed by atoms with Crippen LogP contribution in [-0.4, -0.2) is 30.4 Å². The Bertz CT molecular complexity index is 258. The number of carbonyl (C=O) groups excluding carboxylic acids is 1. The number of halogens is 1. The summed E-state index contributed by atoms with van der Waals surface area (Å²) in [5, 5.41) is 0. The Kier molecular flexibility index (Phi) is 7.92. The molecule has 0 aromatic carbocycles. The SMILES string of the molecule is C=CCN(CC=C)C(=O)[C@@H]1CCC[C@@H]1CN.Cl. The van der Waals surface area contributed by atoms with Crippen molar-refractivity contribution in [2.45, 2.75) is 19.3 Å². The fourth-order valence-corrected chi connectivity index (χ4v) is 2.44. The van der Waals surface area contributed by atoms with Crippen molar-refractivity contribution in [3.63, 3.8) is 0 Å². The van der Waals surface area contributed by atoms with Crippen molar-refractivity contribution in [1.82, 2.24) is 4.90 Å². The van der Waals surface area contributed by atoms with Crippen molar-refractivity contribution in [2.75, 3.05) is 19.6 Å². The number of hydrogen-bond donors (Lipinski definition) is 1. The van der Waals surface area contributed by atoms with Gasteiger partial charge in [0.1, 0.15) is 0 Å². The van der Waals surface area contributed by atoms with Crippen LogP contribution in [0.4, 0.5) is 0 Å². The lowest BCUT2D eigenvalue weighted by Gasteiger charge is -2.26. The van der Waals surface area contributed by atoms with Crippen LogP contribution in [0.3, 0.4) is 0 Å². The molecule has 4 heteroatoms. The number of nitrogens with two attached hydrogens (primary N) is 1. The molecule has 2 atom stereocenters. The predicted molar refractivity (Wildman–Crippen MR) is 74.1 cm³/mol. The lowest BCUT2D eigenvalue weighted by Crippen LogP contribution is -2.39. The van der Waals surface area contributed by atoms with Gasteiger partial charge >= 0.3 is 0 Å². The average Bonchev–Trinajstić information content (AvgIpc) is 2.75. The van der Waals surface area contributed by atoms with E-state index < -0.39 is 0 Å². The van der Waals surface area contributed by atoms with Gasteiger partial charge in [0.2, 0.25) is 5.91 Å². The van der Waals surface area contributed by atoms with Crippen LogP contribution in [0.25, 0.3) is 0 Å². The number of nitrogens with zero attached hydrogens (tertiary/aromatic N) is 1. The molecule has 0 radical (unpaired) electrons. The maximum atomic E-state index is 12.3. The fraction of sp³-hybridized carbons (Fsp3) is 0.615. The first kappa shape index (κ1) is 16.2. The van der Waals surface area contributed by atoms with Gasteiger partial charge in [-0.05, 0) is 25.3 Å². The highest BCUT2D eigenvalue weighted by atomic mass is 35.5. The van der Waals surface area contributed by atoms with Gasteiger partial charge in [0.05, 0.1) is 0 Å². The zero-order valence-electron chi connectivity index (χ0n) is 10.3. The van der Waals surface area contributed by atoms with Gasteiger partial charge in [0.15, 0.2) is 0 Å². The van der Waals surface area contributed by atoms with Crippen LogP contribution in [0.2, 0.25) is 0 Å². The Hall–Kier alpha value is -0.800. The van der Waals surface area contributed by atoms with Gasteiger partial charge in [-0.3, -0.25) is 4.79 Å². The van der Waals surface area contributed by atoms with E-state index in [9.17, 15) is 4.79 Å².